The molecule has 1 N–H and O–H groups in total. The monoisotopic (exact) mass is 493 g/mol. The first-order valence-electron chi connectivity index (χ1n) is 11.0. The highest BCUT2D eigenvalue weighted by molar-refractivity contribution is 7.89. The number of benzene rings is 2. The van der Waals surface area contributed by atoms with Gasteiger partial charge in [0.1, 0.15) is 6.04 Å². The Hall–Kier alpha value is -2.42. The number of nitrogens with one attached hydrogen (secondary N) is 1. The van der Waals surface area contributed by atoms with Crippen LogP contribution in [-0.4, -0.2) is 55.6 Å². The SMILES string of the molecule is CCNC(=O)[C@@H](CC)N(Cc1ccc(Cl)cc1)C(=O)CCCN(C)S(=O)(=O)c1ccccc1. The molecule has 0 heterocycles. The van der Waals surface area contributed by atoms with Crippen molar-refractivity contribution in [3.8, 4) is 0 Å². The van der Waals surface area contributed by atoms with Gasteiger partial charge in [-0.2, -0.15) is 0 Å². The third kappa shape index (κ3) is 7.55. The fourth-order valence-electron chi connectivity index (χ4n) is 3.49. The molecule has 0 unspecified atom stereocenters. The number of nitrogens with zero attached hydrogens (tertiary/aromatic N) is 2. The number of amides is 2. The van der Waals surface area contributed by atoms with Crippen LogP contribution in [0.15, 0.2) is 59.5 Å². The van der Waals surface area contributed by atoms with Crippen molar-refractivity contribution in [1.29, 1.82) is 0 Å². The molecule has 0 radical (unpaired) electrons. The number of hydrogen-bond acceptors (Lipinski definition) is 4. The maximum absolute atomic E-state index is 13.2. The Morgan fingerprint density at radius 3 is 2.24 bits per heavy atom. The number of halogens is 1. The Morgan fingerprint density at radius 1 is 1.03 bits per heavy atom. The molecule has 0 aliphatic heterocycles. The van der Waals surface area contributed by atoms with Crippen molar-refractivity contribution in [3.05, 3.63) is 65.2 Å². The van der Waals surface area contributed by atoms with Crippen molar-refractivity contribution in [2.24, 2.45) is 0 Å². The minimum absolute atomic E-state index is 0.123. The number of likely N-dealkylation sites (N-methyl/N-ethyl adjacent to an activating group) is 1. The van der Waals surface area contributed by atoms with E-state index in [0.717, 1.165) is 5.56 Å². The molecule has 2 rings (SSSR count). The minimum atomic E-state index is -3.62. The summed E-state index contributed by atoms with van der Waals surface area (Å²) >= 11 is 5.97. The van der Waals surface area contributed by atoms with E-state index in [4.69, 9.17) is 11.6 Å². The van der Waals surface area contributed by atoms with Crippen LogP contribution in [0.25, 0.3) is 0 Å². The van der Waals surface area contributed by atoms with Gasteiger partial charge in [0.15, 0.2) is 0 Å². The summed E-state index contributed by atoms with van der Waals surface area (Å²) in [5.74, 6) is -0.403. The second-order valence-electron chi connectivity index (χ2n) is 7.71. The average Bonchev–Trinajstić information content (AvgIpc) is 2.80. The smallest absolute Gasteiger partial charge is 0.242 e. The van der Waals surface area contributed by atoms with E-state index in [1.807, 2.05) is 26.0 Å². The molecule has 0 aliphatic rings. The van der Waals surface area contributed by atoms with Gasteiger partial charge in [-0.05, 0) is 49.6 Å². The lowest BCUT2D eigenvalue weighted by atomic mass is 10.1. The lowest BCUT2D eigenvalue weighted by Crippen LogP contribution is -2.49. The van der Waals surface area contributed by atoms with E-state index in [9.17, 15) is 18.0 Å². The normalized spacial score (nSPS) is 12.4. The number of sulfonamides is 1. The van der Waals surface area contributed by atoms with Gasteiger partial charge in [-0.1, -0.05) is 48.9 Å². The number of hydrogen-bond donors (Lipinski definition) is 1. The molecule has 33 heavy (non-hydrogen) atoms. The molecule has 0 aliphatic carbocycles. The Labute approximate surface area is 201 Å². The summed E-state index contributed by atoms with van der Waals surface area (Å²) < 4.78 is 26.6. The van der Waals surface area contributed by atoms with Gasteiger partial charge >= 0.3 is 0 Å². The molecule has 0 aromatic heterocycles. The maximum Gasteiger partial charge on any atom is 0.242 e. The van der Waals surface area contributed by atoms with E-state index in [0.29, 0.717) is 24.4 Å². The van der Waals surface area contributed by atoms with Gasteiger partial charge in [-0.3, -0.25) is 9.59 Å². The summed E-state index contributed by atoms with van der Waals surface area (Å²) in [6.07, 6.45) is 0.927. The molecule has 2 amide bonds. The molecule has 0 bridgehead atoms. The van der Waals surface area contributed by atoms with Crippen molar-refractivity contribution in [2.45, 2.75) is 50.6 Å². The van der Waals surface area contributed by atoms with E-state index < -0.39 is 16.1 Å². The Bertz CT molecular complexity index is 1010. The molecule has 0 fully saturated rings. The van der Waals surface area contributed by atoms with Crippen LogP contribution in [0.1, 0.15) is 38.7 Å². The van der Waals surface area contributed by atoms with Crippen LogP contribution in [0.2, 0.25) is 5.02 Å². The van der Waals surface area contributed by atoms with Crippen LogP contribution < -0.4 is 5.32 Å². The summed E-state index contributed by atoms with van der Waals surface area (Å²) in [6.45, 7) is 4.63. The highest BCUT2D eigenvalue weighted by atomic mass is 35.5. The summed E-state index contributed by atoms with van der Waals surface area (Å²) in [5, 5.41) is 3.39. The fourth-order valence-corrected chi connectivity index (χ4v) is 4.84. The van der Waals surface area contributed by atoms with Gasteiger partial charge in [-0.25, -0.2) is 12.7 Å². The first-order chi connectivity index (χ1) is 15.7. The second-order valence-corrected chi connectivity index (χ2v) is 10.2. The van der Waals surface area contributed by atoms with Gasteiger partial charge in [-0.15, -0.1) is 0 Å². The summed E-state index contributed by atoms with van der Waals surface area (Å²) in [7, 11) is -2.12. The summed E-state index contributed by atoms with van der Waals surface area (Å²) in [4.78, 5) is 27.6. The summed E-state index contributed by atoms with van der Waals surface area (Å²) in [5.41, 5.74) is 0.860. The fraction of sp³-hybridized carbons (Fsp3) is 0.417. The second kappa shape index (κ2) is 12.7. The quantitative estimate of drug-likeness (QED) is 0.488. The number of carbonyl (C=O) groups excluding carboxylic acids is 2. The third-order valence-electron chi connectivity index (χ3n) is 5.32. The summed E-state index contributed by atoms with van der Waals surface area (Å²) in [6, 6.07) is 14.7. The Morgan fingerprint density at radius 2 is 1.67 bits per heavy atom. The number of carbonyl (C=O) groups is 2. The molecule has 1 atom stereocenters. The van der Waals surface area contributed by atoms with Crippen LogP contribution in [-0.2, 0) is 26.2 Å². The van der Waals surface area contributed by atoms with Crippen LogP contribution in [0, 0.1) is 0 Å². The van der Waals surface area contributed by atoms with Crippen LogP contribution in [0.4, 0.5) is 0 Å². The minimum Gasteiger partial charge on any atom is -0.355 e. The molecule has 7 nitrogen and oxygen atoms in total. The molecular formula is C24H32ClN3O4S. The molecule has 0 saturated heterocycles. The molecule has 0 spiro atoms. The number of rotatable bonds is 12. The molecule has 2 aromatic carbocycles. The van der Waals surface area contributed by atoms with Crippen LogP contribution in [0.5, 0.6) is 0 Å². The van der Waals surface area contributed by atoms with E-state index in [1.165, 1.54) is 11.4 Å². The third-order valence-corrected chi connectivity index (χ3v) is 7.44. The lowest BCUT2D eigenvalue weighted by Gasteiger charge is -2.31. The topological polar surface area (TPSA) is 86.8 Å². The van der Waals surface area contributed by atoms with Crippen molar-refractivity contribution >= 4 is 33.4 Å². The zero-order chi connectivity index (χ0) is 24.4. The van der Waals surface area contributed by atoms with Crippen molar-refractivity contribution in [1.82, 2.24) is 14.5 Å². The van der Waals surface area contributed by atoms with E-state index in [-0.39, 0.29) is 36.2 Å². The van der Waals surface area contributed by atoms with Crippen LogP contribution >= 0.6 is 11.6 Å². The van der Waals surface area contributed by atoms with Gasteiger partial charge in [0, 0.05) is 38.1 Å². The molecule has 0 saturated carbocycles. The molecule has 9 heteroatoms. The first-order valence-corrected chi connectivity index (χ1v) is 12.9. The van der Waals surface area contributed by atoms with Crippen molar-refractivity contribution < 1.29 is 18.0 Å². The van der Waals surface area contributed by atoms with Crippen LogP contribution in [0.3, 0.4) is 0 Å². The van der Waals surface area contributed by atoms with Gasteiger partial charge in [0.2, 0.25) is 21.8 Å². The predicted octanol–water partition coefficient (Wildman–Crippen LogP) is 3.68. The van der Waals surface area contributed by atoms with Crippen molar-refractivity contribution in [2.75, 3.05) is 20.1 Å². The maximum atomic E-state index is 13.2. The van der Waals surface area contributed by atoms with Gasteiger partial charge in [0.25, 0.3) is 0 Å². The average molecular weight is 494 g/mol. The van der Waals surface area contributed by atoms with Gasteiger partial charge < -0.3 is 10.2 Å². The van der Waals surface area contributed by atoms with E-state index in [1.54, 1.807) is 47.4 Å². The Kier molecular flexibility index (Phi) is 10.3. The highest BCUT2D eigenvalue weighted by Crippen LogP contribution is 2.18. The zero-order valence-corrected chi connectivity index (χ0v) is 20.9. The molecular weight excluding hydrogens is 462 g/mol. The largest absolute Gasteiger partial charge is 0.355 e. The molecule has 2 aromatic rings. The van der Waals surface area contributed by atoms with Crippen molar-refractivity contribution in [3.63, 3.8) is 0 Å². The molecule has 180 valence electrons. The Balaban J connectivity index is 2.10. The van der Waals surface area contributed by atoms with Gasteiger partial charge in [0.05, 0.1) is 4.90 Å². The standard InChI is InChI=1S/C24H32ClN3O4S/c1-4-22(24(30)26-5-2)28(18-19-13-15-20(25)16-14-19)23(29)12-9-17-27(3)33(31,32)21-10-7-6-8-11-21/h6-8,10-11,13-16,22H,4-5,9,12,17-18H2,1-3H3,(H,26,30)/t22-/m1/s1. The first kappa shape index (κ1) is 26.8. The van der Waals surface area contributed by atoms with E-state index in [2.05, 4.69) is 5.32 Å². The zero-order valence-electron chi connectivity index (χ0n) is 19.3. The predicted molar refractivity (Wildman–Crippen MR) is 130 cm³/mol. The lowest BCUT2D eigenvalue weighted by molar-refractivity contribution is -0.141. The van der Waals surface area contributed by atoms with E-state index >= 15 is 0 Å². The highest BCUT2D eigenvalue weighted by Gasteiger charge is 2.28.